The van der Waals surface area contributed by atoms with Crippen LogP contribution in [0.5, 0.6) is 0 Å². The highest BCUT2D eigenvalue weighted by Crippen LogP contribution is 2.16. The molecule has 1 fully saturated rings. The second-order valence-corrected chi connectivity index (χ2v) is 6.34. The number of anilines is 1. The van der Waals surface area contributed by atoms with Gasteiger partial charge in [-0.25, -0.2) is 9.97 Å². The van der Waals surface area contributed by atoms with Gasteiger partial charge in [0.2, 0.25) is 0 Å². The quantitative estimate of drug-likeness (QED) is 0.870. The highest BCUT2D eigenvalue weighted by atomic mass is 15.2. The smallest absolute Gasteiger partial charge is 0.132 e. The Bertz CT molecular complexity index is 712. The minimum absolute atomic E-state index is 0.718. The Labute approximate surface area is 143 Å². The summed E-state index contributed by atoms with van der Waals surface area (Å²) in [6.45, 7) is 9.01. The molecule has 0 N–H and O–H groups in total. The van der Waals surface area contributed by atoms with E-state index in [1.165, 1.54) is 5.56 Å². The number of rotatable bonds is 3. The van der Waals surface area contributed by atoms with E-state index in [0.29, 0.717) is 0 Å². The van der Waals surface area contributed by atoms with Gasteiger partial charge in [-0.15, -0.1) is 0 Å². The molecule has 0 unspecified atom stereocenters. The van der Waals surface area contributed by atoms with E-state index < -0.39 is 0 Å². The lowest BCUT2D eigenvalue weighted by molar-refractivity contribution is 0.285. The van der Waals surface area contributed by atoms with Crippen LogP contribution in [0.25, 0.3) is 0 Å². The van der Waals surface area contributed by atoms with Gasteiger partial charge in [0.1, 0.15) is 11.6 Å². The number of hydrogen-bond acceptors (Lipinski definition) is 5. The molecule has 0 aliphatic carbocycles. The normalized spacial score (nSPS) is 15.8. The van der Waals surface area contributed by atoms with Crippen molar-refractivity contribution in [2.45, 2.75) is 26.8 Å². The van der Waals surface area contributed by atoms with Gasteiger partial charge < -0.3 is 4.90 Å². The van der Waals surface area contributed by atoms with Crippen molar-refractivity contribution < 1.29 is 0 Å². The molecule has 0 amide bonds. The molecule has 0 radical (unpaired) electrons. The molecule has 1 aliphatic heterocycles. The summed E-state index contributed by atoms with van der Waals surface area (Å²) in [5.41, 5.74) is 3.00. The van der Waals surface area contributed by atoms with Crippen molar-refractivity contribution in [3.8, 4) is 6.07 Å². The molecule has 24 heavy (non-hydrogen) atoms. The zero-order valence-electron chi connectivity index (χ0n) is 14.4. The zero-order valence-corrected chi connectivity index (χ0v) is 14.4. The Kier molecular flexibility index (Phi) is 5.07. The molecule has 0 saturated carbocycles. The molecule has 0 atom stereocenters. The van der Waals surface area contributed by atoms with Crippen molar-refractivity contribution in [3.05, 3.63) is 53.0 Å². The third-order valence-electron chi connectivity index (χ3n) is 4.35. The molecule has 5 heteroatoms. The van der Waals surface area contributed by atoms with E-state index in [1.807, 2.05) is 26.0 Å². The van der Waals surface area contributed by atoms with Gasteiger partial charge >= 0.3 is 0 Å². The van der Waals surface area contributed by atoms with E-state index in [0.717, 1.165) is 62.0 Å². The van der Waals surface area contributed by atoms with E-state index >= 15 is 0 Å². The average molecular weight is 321 g/mol. The van der Waals surface area contributed by atoms with Crippen LogP contribution in [0.3, 0.4) is 0 Å². The first kappa shape index (κ1) is 16.4. The SMILES string of the molecule is Cc1cc(N2CCCN(Cc3ccc(C#N)cc3)CC2)nc(C)n1. The van der Waals surface area contributed by atoms with Crippen LogP contribution in [0.15, 0.2) is 30.3 Å². The molecule has 124 valence electrons. The average Bonchev–Trinajstić information content (AvgIpc) is 2.80. The lowest BCUT2D eigenvalue weighted by atomic mass is 10.1. The Morgan fingerprint density at radius 2 is 1.83 bits per heavy atom. The maximum Gasteiger partial charge on any atom is 0.132 e. The maximum absolute atomic E-state index is 8.89. The Morgan fingerprint density at radius 3 is 2.54 bits per heavy atom. The standard InChI is InChI=1S/C19H23N5/c1-15-12-19(22-16(2)21-15)24-9-3-8-23(10-11-24)14-18-6-4-17(13-20)5-7-18/h4-7,12H,3,8-11,14H2,1-2H3. The molecule has 2 aromatic rings. The molecule has 1 saturated heterocycles. The first-order valence-corrected chi connectivity index (χ1v) is 8.43. The van der Waals surface area contributed by atoms with Crippen molar-refractivity contribution >= 4 is 5.82 Å². The fourth-order valence-corrected chi connectivity index (χ4v) is 3.16. The monoisotopic (exact) mass is 321 g/mol. The number of nitrogens with zero attached hydrogens (tertiary/aromatic N) is 5. The summed E-state index contributed by atoms with van der Waals surface area (Å²) >= 11 is 0. The largest absolute Gasteiger partial charge is 0.355 e. The number of aryl methyl sites for hydroxylation is 2. The summed E-state index contributed by atoms with van der Waals surface area (Å²) in [5, 5.41) is 8.89. The van der Waals surface area contributed by atoms with Crippen molar-refractivity contribution in [1.82, 2.24) is 14.9 Å². The fraction of sp³-hybridized carbons (Fsp3) is 0.421. The topological polar surface area (TPSA) is 56.0 Å². The summed E-state index contributed by atoms with van der Waals surface area (Å²) in [6, 6.07) is 12.1. The van der Waals surface area contributed by atoms with Crippen LogP contribution in [0.1, 0.15) is 29.1 Å². The van der Waals surface area contributed by atoms with E-state index in [9.17, 15) is 0 Å². The van der Waals surface area contributed by atoms with Gasteiger partial charge in [-0.3, -0.25) is 4.90 Å². The van der Waals surface area contributed by atoms with Gasteiger partial charge in [-0.1, -0.05) is 12.1 Å². The lowest BCUT2D eigenvalue weighted by Crippen LogP contribution is -2.31. The van der Waals surface area contributed by atoms with Gasteiger partial charge in [0.05, 0.1) is 11.6 Å². The number of nitriles is 1. The Hall–Kier alpha value is -2.45. The lowest BCUT2D eigenvalue weighted by Gasteiger charge is -2.23. The minimum Gasteiger partial charge on any atom is -0.355 e. The molecule has 3 rings (SSSR count). The van der Waals surface area contributed by atoms with E-state index in [4.69, 9.17) is 5.26 Å². The van der Waals surface area contributed by atoms with Crippen LogP contribution in [-0.2, 0) is 6.54 Å². The summed E-state index contributed by atoms with van der Waals surface area (Å²) in [5.74, 6) is 1.88. The van der Waals surface area contributed by atoms with Crippen LogP contribution in [0, 0.1) is 25.2 Å². The molecule has 0 spiro atoms. The first-order valence-electron chi connectivity index (χ1n) is 8.43. The van der Waals surface area contributed by atoms with Gasteiger partial charge in [0.25, 0.3) is 0 Å². The molecule has 0 bridgehead atoms. The second kappa shape index (κ2) is 7.41. The van der Waals surface area contributed by atoms with Crippen LogP contribution in [-0.4, -0.2) is 41.0 Å². The van der Waals surface area contributed by atoms with Crippen LogP contribution < -0.4 is 4.90 Å². The fourth-order valence-electron chi connectivity index (χ4n) is 3.16. The van der Waals surface area contributed by atoms with Crippen LogP contribution in [0.4, 0.5) is 5.82 Å². The highest BCUT2D eigenvalue weighted by Gasteiger charge is 2.17. The van der Waals surface area contributed by atoms with Crippen LogP contribution in [0.2, 0.25) is 0 Å². The summed E-state index contributed by atoms with van der Waals surface area (Å²) < 4.78 is 0. The van der Waals surface area contributed by atoms with E-state index in [1.54, 1.807) is 0 Å². The molecule has 1 aromatic carbocycles. The molecule has 1 aliphatic rings. The third kappa shape index (κ3) is 4.09. The maximum atomic E-state index is 8.89. The van der Waals surface area contributed by atoms with Crippen molar-refractivity contribution in [2.75, 3.05) is 31.1 Å². The molecular weight excluding hydrogens is 298 g/mol. The van der Waals surface area contributed by atoms with Gasteiger partial charge in [0, 0.05) is 44.5 Å². The van der Waals surface area contributed by atoms with Crippen molar-refractivity contribution in [1.29, 1.82) is 5.26 Å². The molecular formula is C19H23N5. The molecule has 5 nitrogen and oxygen atoms in total. The zero-order chi connectivity index (χ0) is 16.9. The van der Waals surface area contributed by atoms with Crippen LogP contribution >= 0.6 is 0 Å². The Morgan fingerprint density at radius 1 is 1.04 bits per heavy atom. The molecule has 2 heterocycles. The van der Waals surface area contributed by atoms with Gasteiger partial charge in [-0.2, -0.15) is 5.26 Å². The van der Waals surface area contributed by atoms with Gasteiger partial charge in [-0.05, 0) is 38.0 Å². The first-order chi connectivity index (χ1) is 11.6. The molecule has 1 aromatic heterocycles. The second-order valence-electron chi connectivity index (χ2n) is 6.34. The summed E-state index contributed by atoms with van der Waals surface area (Å²) in [4.78, 5) is 13.8. The van der Waals surface area contributed by atoms with E-state index in [-0.39, 0.29) is 0 Å². The number of aromatic nitrogens is 2. The predicted octanol–water partition coefficient (Wildman–Crippen LogP) is 2.68. The van der Waals surface area contributed by atoms with Gasteiger partial charge in [0.15, 0.2) is 0 Å². The predicted molar refractivity (Wildman–Crippen MR) is 94.8 cm³/mol. The minimum atomic E-state index is 0.718. The third-order valence-corrected chi connectivity index (χ3v) is 4.35. The van der Waals surface area contributed by atoms with Crippen molar-refractivity contribution in [3.63, 3.8) is 0 Å². The van der Waals surface area contributed by atoms with Crippen molar-refractivity contribution in [2.24, 2.45) is 0 Å². The Balaban J connectivity index is 1.63. The van der Waals surface area contributed by atoms with E-state index in [2.05, 4.69) is 44.0 Å². The summed E-state index contributed by atoms with van der Waals surface area (Å²) in [6.07, 6.45) is 1.12. The summed E-state index contributed by atoms with van der Waals surface area (Å²) in [7, 11) is 0. The number of benzene rings is 1. The number of hydrogen-bond donors (Lipinski definition) is 0. The highest BCUT2D eigenvalue weighted by molar-refractivity contribution is 5.40.